The Labute approximate surface area is 183 Å². The Morgan fingerprint density at radius 3 is 1.39 bits per heavy atom. The fraction of sp³-hybridized carbons (Fsp3) is 0.100. The van der Waals surface area contributed by atoms with Crippen molar-refractivity contribution in [2.75, 3.05) is 12.5 Å². The number of aliphatic hydroxyl groups excluding tert-OH is 2. The van der Waals surface area contributed by atoms with E-state index in [1.165, 1.54) is 47.8 Å². The molecule has 0 aliphatic heterocycles. The average Bonchev–Trinajstić information content (AvgIpc) is 2.68. The van der Waals surface area contributed by atoms with Crippen LogP contribution in [0, 0.1) is 0 Å². The molecule has 2 aromatic carbocycles. The molecule has 0 saturated heterocycles. The normalized spacial score (nSPS) is 11.4. The summed E-state index contributed by atoms with van der Waals surface area (Å²) in [5, 5.41) is 37.5. The van der Waals surface area contributed by atoms with Crippen molar-refractivity contribution in [1.82, 2.24) is 0 Å². The standard InChI is InChI=1S/2C10H10O2S2/c2*1-14-10(13)6-9(12)7-3-2-4-8(11)5-7/h2*2-6,11-12H,1H3/b2*9-6-. The molecule has 0 bridgehead atoms. The maximum atomic E-state index is 9.60. The Hall–Kier alpha value is -2.00. The third-order valence-corrected chi connectivity index (χ3v) is 5.47. The van der Waals surface area contributed by atoms with Gasteiger partial charge in [-0.3, -0.25) is 0 Å². The van der Waals surface area contributed by atoms with E-state index in [1.54, 1.807) is 36.4 Å². The number of aliphatic hydroxyl groups is 2. The van der Waals surface area contributed by atoms with Crippen LogP contribution in [-0.2, 0) is 0 Å². The molecule has 0 aromatic heterocycles. The second-order valence-corrected chi connectivity index (χ2v) is 8.30. The molecule has 4 N–H and O–H groups in total. The van der Waals surface area contributed by atoms with Gasteiger partial charge in [-0.2, -0.15) is 0 Å². The quantitative estimate of drug-likeness (QED) is 0.257. The first-order valence-corrected chi connectivity index (χ1v) is 11.1. The van der Waals surface area contributed by atoms with Crippen LogP contribution >= 0.6 is 48.0 Å². The average molecular weight is 453 g/mol. The van der Waals surface area contributed by atoms with E-state index in [4.69, 9.17) is 24.4 Å². The zero-order valence-corrected chi connectivity index (χ0v) is 18.5. The number of benzene rings is 2. The monoisotopic (exact) mass is 452 g/mol. The fourth-order valence-corrected chi connectivity index (χ4v) is 2.52. The Bertz CT molecular complexity index is 818. The predicted octanol–water partition coefficient (Wildman–Crippen LogP) is 5.96. The van der Waals surface area contributed by atoms with Crippen molar-refractivity contribution in [2.24, 2.45) is 0 Å². The van der Waals surface area contributed by atoms with Crippen LogP contribution < -0.4 is 0 Å². The Balaban J connectivity index is 0.000000280. The largest absolute Gasteiger partial charge is 0.508 e. The van der Waals surface area contributed by atoms with Crippen LogP contribution in [0.5, 0.6) is 11.5 Å². The Kier molecular flexibility index (Phi) is 10.7. The maximum Gasteiger partial charge on any atom is 0.124 e. The molecule has 2 aromatic rings. The van der Waals surface area contributed by atoms with Gasteiger partial charge in [0.15, 0.2) is 0 Å². The van der Waals surface area contributed by atoms with Crippen molar-refractivity contribution < 1.29 is 20.4 Å². The molecule has 0 fully saturated rings. The van der Waals surface area contributed by atoms with E-state index < -0.39 is 0 Å². The van der Waals surface area contributed by atoms with E-state index in [2.05, 4.69) is 0 Å². The lowest BCUT2D eigenvalue weighted by Gasteiger charge is -2.00. The molecule has 0 unspecified atom stereocenters. The second kappa shape index (κ2) is 12.5. The molecule has 0 aliphatic rings. The Morgan fingerprint density at radius 1 is 0.750 bits per heavy atom. The third-order valence-electron chi connectivity index (χ3n) is 3.20. The summed E-state index contributed by atoms with van der Waals surface area (Å²) in [6, 6.07) is 12.8. The fourth-order valence-electron chi connectivity index (χ4n) is 1.84. The van der Waals surface area contributed by atoms with Crippen molar-refractivity contribution >= 4 is 67.9 Å². The first kappa shape index (κ1) is 24.0. The van der Waals surface area contributed by atoms with Gasteiger partial charge in [-0.05, 0) is 36.8 Å². The van der Waals surface area contributed by atoms with Crippen molar-refractivity contribution in [1.29, 1.82) is 0 Å². The zero-order chi connectivity index (χ0) is 21.1. The first-order chi connectivity index (χ1) is 13.3. The van der Waals surface area contributed by atoms with Crippen LogP contribution in [0.2, 0.25) is 0 Å². The lowest BCUT2D eigenvalue weighted by molar-refractivity contribution is 0.472. The number of hydrogen-bond acceptors (Lipinski definition) is 8. The van der Waals surface area contributed by atoms with Gasteiger partial charge in [0, 0.05) is 23.3 Å². The number of phenols is 2. The molecular weight excluding hydrogens is 432 g/mol. The van der Waals surface area contributed by atoms with Crippen molar-refractivity contribution in [2.45, 2.75) is 0 Å². The van der Waals surface area contributed by atoms with Crippen LogP contribution in [0.25, 0.3) is 11.5 Å². The minimum Gasteiger partial charge on any atom is -0.508 e. The molecule has 2 rings (SSSR count). The number of rotatable bonds is 4. The molecule has 0 atom stereocenters. The molecule has 8 heteroatoms. The highest BCUT2D eigenvalue weighted by molar-refractivity contribution is 8.23. The van der Waals surface area contributed by atoms with Crippen LogP contribution in [0.3, 0.4) is 0 Å². The summed E-state index contributed by atoms with van der Waals surface area (Å²) in [5.74, 6) is 0.385. The summed E-state index contributed by atoms with van der Waals surface area (Å²) in [6.45, 7) is 0. The summed E-state index contributed by atoms with van der Waals surface area (Å²) >= 11 is 12.6. The van der Waals surface area contributed by atoms with Gasteiger partial charge in [0.05, 0.1) is 8.39 Å². The number of aromatic hydroxyl groups is 2. The van der Waals surface area contributed by atoms with Gasteiger partial charge < -0.3 is 20.4 Å². The second-order valence-electron chi connectivity index (χ2n) is 5.21. The van der Waals surface area contributed by atoms with Gasteiger partial charge >= 0.3 is 0 Å². The molecule has 4 nitrogen and oxygen atoms in total. The highest BCUT2D eigenvalue weighted by Crippen LogP contribution is 2.19. The summed E-state index contributed by atoms with van der Waals surface area (Å²) in [7, 11) is 0. The number of thioether (sulfide) groups is 2. The molecule has 0 heterocycles. The zero-order valence-electron chi connectivity index (χ0n) is 15.2. The highest BCUT2D eigenvalue weighted by atomic mass is 32.2. The smallest absolute Gasteiger partial charge is 0.124 e. The van der Waals surface area contributed by atoms with E-state index in [0.717, 1.165) is 0 Å². The minimum absolute atomic E-state index is 0.0697. The van der Waals surface area contributed by atoms with Gasteiger partial charge in [-0.1, -0.05) is 48.7 Å². The topological polar surface area (TPSA) is 80.9 Å². The molecule has 0 spiro atoms. The summed E-state index contributed by atoms with van der Waals surface area (Å²) < 4.78 is 1.21. The van der Waals surface area contributed by atoms with Gasteiger partial charge in [0.1, 0.15) is 23.0 Å². The SMILES string of the molecule is CSC(=S)/C=C(\O)c1cccc(O)c1.CSC(=S)/C=C(\O)c1cccc(O)c1. The number of hydrogen-bond donors (Lipinski definition) is 4. The van der Waals surface area contributed by atoms with Crippen molar-refractivity contribution in [3.05, 3.63) is 71.8 Å². The molecule has 0 aliphatic carbocycles. The molecular formula is C20H20O4S4. The van der Waals surface area contributed by atoms with Gasteiger partial charge in [-0.15, -0.1) is 23.5 Å². The summed E-state index contributed by atoms with van der Waals surface area (Å²) in [5.41, 5.74) is 1.11. The summed E-state index contributed by atoms with van der Waals surface area (Å²) in [6.07, 6.45) is 6.67. The third kappa shape index (κ3) is 8.79. The van der Waals surface area contributed by atoms with Crippen LogP contribution in [0.1, 0.15) is 11.1 Å². The van der Waals surface area contributed by atoms with E-state index in [9.17, 15) is 20.4 Å². The molecule has 0 amide bonds. The van der Waals surface area contributed by atoms with Gasteiger partial charge in [0.25, 0.3) is 0 Å². The molecule has 28 heavy (non-hydrogen) atoms. The lowest BCUT2D eigenvalue weighted by Crippen LogP contribution is -1.86. The van der Waals surface area contributed by atoms with Crippen LogP contribution in [0.4, 0.5) is 0 Å². The van der Waals surface area contributed by atoms with Crippen molar-refractivity contribution in [3.8, 4) is 11.5 Å². The summed E-state index contributed by atoms with van der Waals surface area (Å²) in [4.78, 5) is 0. The highest BCUT2D eigenvalue weighted by Gasteiger charge is 2.01. The molecule has 0 saturated carbocycles. The van der Waals surface area contributed by atoms with E-state index in [0.29, 0.717) is 19.5 Å². The maximum absolute atomic E-state index is 9.60. The van der Waals surface area contributed by atoms with Crippen LogP contribution in [-0.4, -0.2) is 41.3 Å². The Morgan fingerprint density at radius 2 is 1.11 bits per heavy atom. The lowest BCUT2D eigenvalue weighted by atomic mass is 10.2. The van der Waals surface area contributed by atoms with Crippen molar-refractivity contribution in [3.63, 3.8) is 0 Å². The number of phenolic OH excluding ortho intramolecular Hbond substituents is 2. The van der Waals surface area contributed by atoms with Gasteiger partial charge in [0.2, 0.25) is 0 Å². The first-order valence-electron chi connectivity index (χ1n) is 7.82. The van der Waals surface area contributed by atoms with Crippen LogP contribution in [0.15, 0.2) is 60.7 Å². The van der Waals surface area contributed by atoms with E-state index >= 15 is 0 Å². The van der Waals surface area contributed by atoms with Gasteiger partial charge in [-0.25, -0.2) is 0 Å². The minimum atomic E-state index is 0.0697. The van der Waals surface area contributed by atoms with E-state index in [-0.39, 0.29) is 23.0 Å². The number of thiocarbonyl (C=S) groups is 2. The molecule has 148 valence electrons. The van der Waals surface area contributed by atoms with E-state index in [1.807, 2.05) is 12.5 Å². The predicted molar refractivity (Wildman–Crippen MR) is 130 cm³/mol. The molecule has 0 radical (unpaired) electrons.